The highest BCUT2D eigenvalue weighted by atomic mass is 16.5. The third-order valence-corrected chi connectivity index (χ3v) is 3.84. The lowest BCUT2D eigenvalue weighted by Crippen LogP contribution is -2.33. The van der Waals surface area contributed by atoms with Crippen LogP contribution in [0.15, 0.2) is 17.1 Å². The minimum Gasteiger partial charge on any atom is -0.493 e. The summed E-state index contributed by atoms with van der Waals surface area (Å²) in [5.41, 5.74) is 1.30. The summed E-state index contributed by atoms with van der Waals surface area (Å²) in [6.45, 7) is 0.436. The highest BCUT2D eigenvalue weighted by Gasteiger charge is 2.43. The van der Waals surface area contributed by atoms with Crippen LogP contribution in [-0.4, -0.2) is 27.4 Å². The largest absolute Gasteiger partial charge is 0.493 e. The fourth-order valence-electron chi connectivity index (χ4n) is 2.77. The number of nitrogens with zero attached hydrogens (tertiary/aromatic N) is 1. The van der Waals surface area contributed by atoms with Crippen molar-refractivity contribution in [3.05, 3.63) is 23.3 Å². The summed E-state index contributed by atoms with van der Waals surface area (Å²) in [6, 6.07) is 3.77. The van der Waals surface area contributed by atoms with E-state index in [1.165, 1.54) is 0 Å². The maximum atomic E-state index is 10.8. The summed E-state index contributed by atoms with van der Waals surface area (Å²) in [4.78, 5) is 14.9. The number of rotatable bonds is 6. The molecule has 20 heavy (non-hydrogen) atoms. The van der Waals surface area contributed by atoms with Crippen LogP contribution >= 0.6 is 0 Å². The van der Waals surface area contributed by atoms with Crippen molar-refractivity contribution in [2.45, 2.75) is 31.4 Å². The Morgan fingerprint density at radius 1 is 1.25 bits per heavy atom. The van der Waals surface area contributed by atoms with Crippen LogP contribution in [0, 0.1) is 0 Å². The number of hydrogen-bond donors (Lipinski definition) is 0. The molecule has 0 atom stereocenters. The van der Waals surface area contributed by atoms with E-state index in [4.69, 9.17) is 14.2 Å². The van der Waals surface area contributed by atoms with E-state index in [1.807, 2.05) is 12.1 Å². The van der Waals surface area contributed by atoms with E-state index in [0.29, 0.717) is 18.1 Å². The van der Waals surface area contributed by atoms with Gasteiger partial charge in [0.05, 0.1) is 20.8 Å². The quantitative estimate of drug-likeness (QED) is 0.592. The molecular formula is C15H19NO4. The molecule has 1 fully saturated rings. The molecule has 1 aliphatic carbocycles. The summed E-state index contributed by atoms with van der Waals surface area (Å²) in [5, 5.41) is 0. The van der Waals surface area contributed by atoms with E-state index in [9.17, 15) is 4.79 Å². The van der Waals surface area contributed by atoms with Crippen LogP contribution in [0.25, 0.3) is 0 Å². The van der Waals surface area contributed by atoms with E-state index in [-0.39, 0.29) is 0 Å². The van der Waals surface area contributed by atoms with Gasteiger partial charge in [0.2, 0.25) is 6.08 Å². The fourth-order valence-corrected chi connectivity index (χ4v) is 2.77. The van der Waals surface area contributed by atoms with Crippen LogP contribution < -0.4 is 9.47 Å². The Morgan fingerprint density at radius 2 is 2.00 bits per heavy atom. The number of aliphatic imine (C=N–C) groups is 1. The first kappa shape index (κ1) is 14.6. The molecule has 0 unspecified atom stereocenters. The number of benzene rings is 1. The summed E-state index contributed by atoms with van der Waals surface area (Å²) in [6.07, 6.45) is 4.35. The first-order valence-corrected chi connectivity index (χ1v) is 6.54. The van der Waals surface area contributed by atoms with Crippen molar-refractivity contribution in [1.29, 1.82) is 0 Å². The maximum absolute atomic E-state index is 10.8. The topological polar surface area (TPSA) is 57.1 Å². The fraction of sp³-hybridized carbons (Fsp3) is 0.533. The van der Waals surface area contributed by atoms with E-state index in [0.717, 1.165) is 30.4 Å². The molecule has 108 valence electrons. The van der Waals surface area contributed by atoms with Crippen LogP contribution in [0.3, 0.4) is 0 Å². The first-order valence-electron chi connectivity index (χ1n) is 6.54. The Balaban J connectivity index is 2.65. The second-order valence-corrected chi connectivity index (χ2v) is 4.86. The highest BCUT2D eigenvalue weighted by molar-refractivity contribution is 5.56. The smallest absolute Gasteiger partial charge is 0.235 e. The van der Waals surface area contributed by atoms with Gasteiger partial charge in [-0.3, -0.25) is 0 Å². The van der Waals surface area contributed by atoms with Crippen LogP contribution in [0.1, 0.15) is 30.4 Å². The Bertz CT molecular complexity index is 531. The molecule has 1 saturated carbocycles. The molecule has 0 amide bonds. The third kappa shape index (κ3) is 2.30. The van der Waals surface area contributed by atoms with Crippen molar-refractivity contribution >= 4 is 6.08 Å². The Labute approximate surface area is 118 Å². The number of hydrogen-bond acceptors (Lipinski definition) is 5. The molecule has 0 radical (unpaired) electrons. The predicted molar refractivity (Wildman–Crippen MR) is 73.9 cm³/mol. The Hall–Kier alpha value is -1.84. The van der Waals surface area contributed by atoms with Gasteiger partial charge in [-0.1, -0.05) is 6.07 Å². The monoisotopic (exact) mass is 277 g/mol. The van der Waals surface area contributed by atoms with Crippen LogP contribution in [0.4, 0.5) is 0 Å². The zero-order valence-corrected chi connectivity index (χ0v) is 12.1. The molecule has 5 nitrogen and oxygen atoms in total. The summed E-state index contributed by atoms with van der Waals surface area (Å²) in [5.74, 6) is 1.26. The van der Waals surface area contributed by atoms with Gasteiger partial charge in [-0.25, -0.2) is 4.79 Å². The van der Waals surface area contributed by atoms with Crippen molar-refractivity contribution in [3.63, 3.8) is 0 Å². The Morgan fingerprint density at radius 3 is 2.45 bits per heavy atom. The molecule has 2 rings (SSSR count). The zero-order valence-electron chi connectivity index (χ0n) is 12.1. The number of ether oxygens (including phenoxy) is 3. The molecule has 0 heterocycles. The number of carbonyl (C=O) groups excluding carboxylic acids is 1. The summed E-state index contributed by atoms with van der Waals surface area (Å²) in [7, 11) is 4.82. The van der Waals surface area contributed by atoms with Crippen molar-refractivity contribution < 1.29 is 19.0 Å². The lowest BCUT2D eigenvalue weighted by molar-refractivity contribution is 0.176. The second kappa shape index (κ2) is 6.07. The predicted octanol–water partition coefficient (Wildman–Crippen LogP) is 2.57. The maximum Gasteiger partial charge on any atom is 0.235 e. The number of methoxy groups -OCH3 is 3. The van der Waals surface area contributed by atoms with E-state index in [2.05, 4.69) is 4.99 Å². The van der Waals surface area contributed by atoms with Gasteiger partial charge in [-0.15, -0.1) is 0 Å². The van der Waals surface area contributed by atoms with Gasteiger partial charge in [0.25, 0.3) is 0 Å². The van der Waals surface area contributed by atoms with Crippen molar-refractivity contribution in [1.82, 2.24) is 0 Å². The average Bonchev–Trinajstić information content (AvgIpc) is 2.43. The first-order chi connectivity index (χ1) is 9.72. The molecule has 0 spiro atoms. The standard InChI is InChI=1S/C15H19NO4/c1-18-9-11-5-6-12(19-2)14(20-3)13(11)15(16-10-17)7-4-8-15/h5-6H,4,7-9H2,1-3H3. The van der Waals surface area contributed by atoms with Crippen molar-refractivity contribution in [3.8, 4) is 11.5 Å². The molecular weight excluding hydrogens is 258 g/mol. The molecule has 1 aromatic rings. The lowest BCUT2D eigenvalue weighted by atomic mass is 9.70. The van der Waals surface area contributed by atoms with E-state index in [1.54, 1.807) is 27.4 Å². The average molecular weight is 277 g/mol. The minimum absolute atomic E-state index is 0.436. The summed E-state index contributed by atoms with van der Waals surface area (Å²) < 4.78 is 16.1. The van der Waals surface area contributed by atoms with Gasteiger partial charge < -0.3 is 14.2 Å². The van der Waals surface area contributed by atoms with E-state index < -0.39 is 5.54 Å². The molecule has 1 aromatic carbocycles. The van der Waals surface area contributed by atoms with Crippen LogP contribution in [0.5, 0.6) is 11.5 Å². The van der Waals surface area contributed by atoms with Gasteiger partial charge in [0.15, 0.2) is 11.5 Å². The van der Waals surface area contributed by atoms with Gasteiger partial charge in [-0.05, 0) is 30.9 Å². The molecule has 0 aromatic heterocycles. The lowest BCUT2D eigenvalue weighted by Gasteiger charge is -2.39. The summed E-state index contributed by atoms with van der Waals surface area (Å²) >= 11 is 0. The molecule has 5 heteroatoms. The third-order valence-electron chi connectivity index (χ3n) is 3.84. The normalized spacial score (nSPS) is 15.9. The van der Waals surface area contributed by atoms with Gasteiger partial charge in [0, 0.05) is 12.7 Å². The molecule has 0 saturated heterocycles. The van der Waals surface area contributed by atoms with E-state index >= 15 is 0 Å². The van der Waals surface area contributed by atoms with Crippen molar-refractivity contribution in [2.24, 2.45) is 4.99 Å². The van der Waals surface area contributed by atoms with Crippen LogP contribution in [-0.2, 0) is 21.7 Å². The van der Waals surface area contributed by atoms with Gasteiger partial charge in [0.1, 0.15) is 5.54 Å². The zero-order chi connectivity index (χ0) is 14.6. The molecule has 0 N–H and O–H groups in total. The molecule has 1 aliphatic rings. The van der Waals surface area contributed by atoms with Gasteiger partial charge >= 0.3 is 0 Å². The van der Waals surface area contributed by atoms with Gasteiger partial charge in [-0.2, -0.15) is 4.99 Å². The minimum atomic E-state index is -0.546. The van der Waals surface area contributed by atoms with Crippen molar-refractivity contribution in [2.75, 3.05) is 21.3 Å². The second-order valence-electron chi connectivity index (χ2n) is 4.86. The molecule has 0 bridgehead atoms. The molecule has 0 aliphatic heterocycles. The highest BCUT2D eigenvalue weighted by Crippen LogP contribution is 2.51. The number of isocyanates is 1. The van der Waals surface area contributed by atoms with Crippen LogP contribution in [0.2, 0.25) is 0 Å². The SMILES string of the molecule is COCc1ccc(OC)c(OC)c1C1(N=C=O)CCC1. The Kier molecular flexibility index (Phi) is 4.42.